The van der Waals surface area contributed by atoms with Gasteiger partial charge in [-0.25, -0.2) is 4.39 Å². The highest BCUT2D eigenvalue weighted by Gasteiger charge is 2.16. The van der Waals surface area contributed by atoms with E-state index in [1.807, 2.05) is 0 Å². The number of carbonyl (C=O) groups is 1. The van der Waals surface area contributed by atoms with Gasteiger partial charge < -0.3 is 5.32 Å². The number of benzene rings is 2. The first kappa shape index (κ1) is 15.1. The molecule has 7 heteroatoms. The van der Waals surface area contributed by atoms with Gasteiger partial charge in [0.25, 0.3) is 5.69 Å². The van der Waals surface area contributed by atoms with Crippen molar-refractivity contribution >= 4 is 33.2 Å². The Bertz CT molecular complexity index is 706. The van der Waals surface area contributed by atoms with E-state index in [4.69, 9.17) is 0 Å². The molecule has 0 aromatic heterocycles. The van der Waals surface area contributed by atoms with Crippen LogP contribution in [-0.2, 0) is 11.2 Å². The predicted octanol–water partition coefficient (Wildman–Crippen LogP) is 3.68. The third-order valence-corrected chi connectivity index (χ3v) is 3.23. The van der Waals surface area contributed by atoms with Crippen molar-refractivity contribution in [1.82, 2.24) is 0 Å². The Morgan fingerprint density at radius 2 is 2.00 bits per heavy atom. The summed E-state index contributed by atoms with van der Waals surface area (Å²) < 4.78 is 14.2. The number of hydrogen-bond donors (Lipinski definition) is 1. The largest absolute Gasteiger partial charge is 0.320 e. The lowest BCUT2D eigenvalue weighted by molar-refractivity contribution is -0.383. The van der Waals surface area contributed by atoms with Crippen molar-refractivity contribution in [2.45, 2.75) is 6.42 Å². The Labute approximate surface area is 128 Å². The molecule has 1 amide bonds. The first-order chi connectivity index (χ1) is 9.97. The maximum atomic E-state index is 13.6. The van der Waals surface area contributed by atoms with Crippen molar-refractivity contribution in [3.63, 3.8) is 0 Å². The number of halogens is 2. The van der Waals surface area contributed by atoms with E-state index in [2.05, 4.69) is 21.2 Å². The molecule has 5 nitrogen and oxygen atoms in total. The highest BCUT2D eigenvalue weighted by molar-refractivity contribution is 9.10. The number of nitrogens with zero attached hydrogens (tertiary/aromatic N) is 1. The van der Waals surface area contributed by atoms with E-state index < -0.39 is 16.6 Å². The quantitative estimate of drug-likeness (QED) is 0.673. The second kappa shape index (κ2) is 6.45. The summed E-state index contributed by atoms with van der Waals surface area (Å²) in [4.78, 5) is 22.2. The Hall–Kier alpha value is -2.28. The van der Waals surface area contributed by atoms with Gasteiger partial charge in [0.15, 0.2) is 0 Å². The van der Waals surface area contributed by atoms with Crippen LogP contribution in [0.1, 0.15) is 5.56 Å². The molecule has 2 aromatic carbocycles. The van der Waals surface area contributed by atoms with E-state index in [0.29, 0.717) is 4.47 Å². The lowest BCUT2D eigenvalue weighted by atomic mass is 10.1. The van der Waals surface area contributed by atoms with Gasteiger partial charge in [-0.3, -0.25) is 14.9 Å². The van der Waals surface area contributed by atoms with Crippen LogP contribution < -0.4 is 5.32 Å². The van der Waals surface area contributed by atoms with E-state index in [1.165, 1.54) is 36.4 Å². The summed E-state index contributed by atoms with van der Waals surface area (Å²) in [7, 11) is 0. The molecule has 0 fully saturated rings. The van der Waals surface area contributed by atoms with Crippen molar-refractivity contribution in [2.24, 2.45) is 0 Å². The average molecular weight is 353 g/mol. The number of amides is 1. The van der Waals surface area contributed by atoms with Crippen LogP contribution >= 0.6 is 15.9 Å². The summed E-state index contributed by atoms with van der Waals surface area (Å²) in [5.41, 5.74) is 0.0870. The Kier molecular flexibility index (Phi) is 4.64. The average Bonchev–Trinajstić information content (AvgIpc) is 2.43. The minimum Gasteiger partial charge on any atom is -0.320 e. The molecule has 0 unspecified atom stereocenters. The van der Waals surface area contributed by atoms with Crippen LogP contribution in [0.15, 0.2) is 46.9 Å². The molecule has 0 aliphatic carbocycles. The van der Waals surface area contributed by atoms with Crippen molar-refractivity contribution < 1.29 is 14.1 Å². The summed E-state index contributed by atoms with van der Waals surface area (Å²) in [5, 5.41) is 13.3. The second-order valence-electron chi connectivity index (χ2n) is 4.23. The zero-order chi connectivity index (χ0) is 15.4. The van der Waals surface area contributed by atoms with E-state index in [0.717, 1.165) is 0 Å². The van der Waals surface area contributed by atoms with Crippen LogP contribution in [0.25, 0.3) is 0 Å². The lowest BCUT2D eigenvalue weighted by Crippen LogP contribution is -2.16. The summed E-state index contributed by atoms with van der Waals surface area (Å²) in [5.74, 6) is -1.03. The van der Waals surface area contributed by atoms with E-state index in [-0.39, 0.29) is 23.4 Å². The van der Waals surface area contributed by atoms with Crippen LogP contribution in [0, 0.1) is 15.9 Å². The predicted molar refractivity (Wildman–Crippen MR) is 79.5 cm³/mol. The monoisotopic (exact) mass is 352 g/mol. The van der Waals surface area contributed by atoms with Gasteiger partial charge in [0, 0.05) is 10.5 Å². The zero-order valence-electron chi connectivity index (χ0n) is 10.7. The molecule has 0 aliphatic rings. The minimum atomic E-state index is -0.588. The summed E-state index contributed by atoms with van der Waals surface area (Å²) >= 11 is 3.20. The third kappa shape index (κ3) is 3.85. The van der Waals surface area contributed by atoms with Gasteiger partial charge in [0.1, 0.15) is 11.5 Å². The van der Waals surface area contributed by atoms with Crippen LogP contribution in [0.4, 0.5) is 15.8 Å². The molecular formula is C14H10BrFN2O3. The molecule has 1 N–H and O–H groups in total. The molecule has 0 atom stereocenters. The smallest absolute Gasteiger partial charge is 0.292 e. The van der Waals surface area contributed by atoms with Crippen LogP contribution in [0.2, 0.25) is 0 Å². The van der Waals surface area contributed by atoms with Crippen molar-refractivity contribution in [1.29, 1.82) is 0 Å². The van der Waals surface area contributed by atoms with Crippen molar-refractivity contribution in [2.75, 3.05) is 5.32 Å². The minimum absolute atomic E-state index is 0.0860. The third-order valence-electron chi connectivity index (χ3n) is 2.73. The Morgan fingerprint density at radius 1 is 1.29 bits per heavy atom. The number of anilines is 1. The first-order valence-electron chi connectivity index (χ1n) is 5.94. The van der Waals surface area contributed by atoms with Crippen molar-refractivity contribution in [3.05, 3.63) is 68.4 Å². The first-order valence-corrected chi connectivity index (χ1v) is 6.74. The number of nitro benzene ring substituents is 1. The summed E-state index contributed by atoms with van der Waals surface area (Å²) in [6.45, 7) is 0. The zero-order valence-corrected chi connectivity index (χ0v) is 12.3. The number of hydrogen-bond acceptors (Lipinski definition) is 3. The second-order valence-corrected chi connectivity index (χ2v) is 5.15. The fourth-order valence-electron chi connectivity index (χ4n) is 1.78. The van der Waals surface area contributed by atoms with Crippen LogP contribution in [0.5, 0.6) is 0 Å². The summed E-state index contributed by atoms with van der Waals surface area (Å²) in [6, 6.07) is 10.1. The molecular weight excluding hydrogens is 343 g/mol. The molecule has 0 bridgehead atoms. The lowest BCUT2D eigenvalue weighted by Gasteiger charge is -2.07. The Morgan fingerprint density at radius 3 is 2.71 bits per heavy atom. The number of carbonyl (C=O) groups excluding carboxylic acids is 1. The number of rotatable bonds is 4. The van der Waals surface area contributed by atoms with Gasteiger partial charge in [-0.2, -0.15) is 0 Å². The molecule has 0 aliphatic heterocycles. The van der Waals surface area contributed by atoms with Gasteiger partial charge in [0.2, 0.25) is 5.91 Å². The molecule has 2 aromatic rings. The van der Waals surface area contributed by atoms with Crippen molar-refractivity contribution in [3.8, 4) is 0 Å². The molecule has 0 radical (unpaired) electrons. The SMILES string of the molecule is O=C(Cc1cc(Br)ccc1F)Nc1ccccc1[N+](=O)[O-]. The highest BCUT2D eigenvalue weighted by atomic mass is 79.9. The van der Waals surface area contributed by atoms with E-state index >= 15 is 0 Å². The van der Waals surface area contributed by atoms with Gasteiger partial charge in [-0.05, 0) is 29.8 Å². The Balaban J connectivity index is 2.16. The van der Waals surface area contributed by atoms with Gasteiger partial charge in [-0.1, -0.05) is 28.1 Å². The molecule has 2 rings (SSSR count). The fourth-order valence-corrected chi connectivity index (χ4v) is 2.19. The molecule has 0 saturated heterocycles. The molecule has 108 valence electrons. The topological polar surface area (TPSA) is 72.2 Å². The number of nitro groups is 1. The molecule has 0 heterocycles. The van der Waals surface area contributed by atoms with Crippen LogP contribution in [-0.4, -0.2) is 10.8 Å². The van der Waals surface area contributed by atoms with Gasteiger partial charge >= 0.3 is 0 Å². The highest BCUT2D eigenvalue weighted by Crippen LogP contribution is 2.23. The van der Waals surface area contributed by atoms with Gasteiger partial charge in [-0.15, -0.1) is 0 Å². The maximum Gasteiger partial charge on any atom is 0.292 e. The molecule has 0 spiro atoms. The van der Waals surface area contributed by atoms with E-state index in [1.54, 1.807) is 6.07 Å². The molecule has 0 saturated carbocycles. The number of nitrogens with one attached hydrogen (secondary N) is 1. The van der Waals surface area contributed by atoms with Crippen LogP contribution in [0.3, 0.4) is 0 Å². The summed E-state index contributed by atoms with van der Waals surface area (Å²) in [6.07, 6.45) is -0.211. The normalized spacial score (nSPS) is 10.2. The van der Waals surface area contributed by atoms with Gasteiger partial charge in [0.05, 0.1) is 11.3 Å². The maximum absolute atomic E-state index is 13.6. The fraction of sp³-hybridized carbons (Fsp3) is 0.0714. The standard InChI is InChI=1S/C14H10BrFN2O3/c15-10-5-6-11(16)9(7-10)8-14(19)17-12-3-1-2-4-13(12)18(20)21/h1-7H,8H2,(H,17,19). The van der Waals surface area contributed by atoms with E-state index in [9.17, 15) is 19.3 Å². The number of para-hydroxylation sites is 2. The molecule has 21 heavy (non-hydrogen) atoms.